The molecule has 1 aliphatic carbocycles. The van der Waals surface area contributed by atoms with E-state index in [1.165, 1.54) is 96.9 Å². The van der Waals surface area contributed by atoms with Crippen molar-refractivity contribution in [1.29, 1.82) is 0 Å². The minimum Gasteiger partial charge on any atom is -0.379 e. The molecule has 7 heteroatoms. The Labute approximate surface area is 250 Å². The highest BCUT2D eigenvalue weighted by molar-refractivity contribution is 6.08. The molecule has 0 saturated carbocycles. The highest BCUT2D eigenvalue weighted by Crippen LogP contribution is 2.36. The second-order valence-electron chi connectivity index (χ2n) is 12.5. The molecule has 5 heterocycles. The molecular formula is C35H46N6O. The fourth-order valence-corrected chi connectivity index (χ4v) is 7.65. The number of pyridine rings is 2. The zero-order chi connectivity index (χ0) is 28.1. The first-order valence-corrected chi connectivity index (χ1v) is 16.4. The molecule has 42 heavy (non-hydrogen) atoms. The molecular weight excluding hydrogens is 520 g/mol. The van der Waals surface area contributed by atoms with Crippen molar-refractivity contribution in [2.24, 2.45) is 0 Å². The molecule has 1 aromatic carbocycles. The molecule has 1 atom stereocenters. The normalized spacial score (nSPS) is 20.5. The first-order chi connectivity index (χ1) is 20.8. The summed E-state index contributed by atoms with van der Waals surface area (Å²) in [6, 6.07) is 15.9. The Bertz CT molecular complexity index is 1470. The highest BCUT2D eigenvalue weighted by Gasteiger charge is 2.29. The van der Waals surface area contributed by atoms with Crippen molar-refractivity contribution >= 4 is 21.8 Å². The van der Waals surface area contributed by atoms with Crippen molar-refractivity contribution in [3.8, 4) is 0 Å². The minimum atomic E-state index is 0.347. The van der Waals surface area contributed by atoms with Crippen molar-refractivity contribution in [3.63, 3.8) is 0 Å². The molecule has 0 spiro atoms. The van der Waals surface area contributed by atoms with Gasteiger partial charge in [-0.2, -0.15) is 0 Å². The average molecular weight is 567 g/mol. The van der Waals surface area contributed by atoms with E-state index >= 15 is 0 Å². The van der Waals surface area contributed by atoms with Crippen LogP contribution in [-0.2, 0) is 24.2 Å². The Balaban J connectivity index is 1.22. The maximum Gasteiger partial charge on any atom is 0.0787 e. The number of rotatable bonds is 10. The van der Waals surface area contributed by atoms with Gasteiger partial charge in [0.2, 0.25) is 0 Å². The van der Waals surface area contributed by atoms with Crippen LogP contribution in [0.25, 0.3) is 21.8 Å². The van der Waals surface area contributed by atoms with E-state index in [1.807, 2.05) is 12.4 Å². The Kier molecular flexibility index (Phi) is 8.79. The Morgan fingerprint density at radius 2 is 1.64 bits per heavy atom. The molecule has 3 aliphatic rings. The van der Waals surface area contributed by atoms with Crippen LogP contribution in [0.1, 0.15) is 61.5 Å². The van der Waals surface area contributed by atoms with Crippen LogP contribution in [0.3, 0.4) is 0 Å². The summed E-state index contributed by atoms with van der Waals surface area (Å²) in [4.78, 5) is 18.0. The second kappa shape index (κ2) is 13.2. The lowest BCUT2D eigenvalue weighted by Crippen LogP contribution is -2.38. The third-order valence-corrected chi connectivity index (χ3v) is 9.83. The predicted octanol–water partition coefficient (Wildman–Crippen LogP) is 5.67. The Morgan fingerprint density at radius 3 is 2.55 bits per heavy atom. The molecule has 222 valence electrons. The van der Waals surface area contributed by atoms with Crippen molar-refractivity contribution in [2.75, 3.05) is 59.0 Å². The largest absolute Gasteiger partial charge is 0.379 e. The van der Waals surface area contributed by atoms with Crippen molar-refractivity contribution in [2.45, 2.75) is 64.1 Å². The number of piperidine rings is 1. The fourth-order valence-electron chi connectivity index (χ4n) is 7.65. The van der Waals surface area contributed by atoms with E-state index < -0.39 is 0 Å². The number of hydrogen-bond acceptors (Lipinski definition) is 6. The zero-order valence-corrected chi connectivity index (χ0v) is 25.1. The molecule has 2 fully saturated rings. The molecule has 3 aromatic heterocycles. The van der Waals surface area contributed by atoms with E-state index in [1.54, 1.807) is 0 Å². The number of hydrogen-bond donors (Lipinski definition) is 0. The Hall–Kier alpha value is -2.84. The van der Waals surface area contributed by atoms with Crippen molar-refractivity contribution in [1.82, 2.24) is 29.2 Å². The molecule has 4 aromatic rings. The maximum atomic E-state index is 5.62. The maximum absolute atomic E-state index is 5.62. The average Bonchev–Trinajstić information content (AvgIpc) is 3.38. The summed E-state index contributed by atoms with van der Waals surface area (Å²) in [6.07, 6.45) is 12.9. The van der Waals surface area contributed by atoms with Crippen LogP contribution in [0.15, 0.2) is 54.9 Å². The van der Waals surface area contributed by atoms with Gasteiger partial charge in [-0.1, -0.05) is 30.7 Å². The number of nitrogens with zero attached hydrogens (tertiary/aromatic N) is 6. The summed E-state index contributed by atoms with van der Waals surface area (Å²) < 4.78 is 8.18. The quantitative estimate of drug-likeness (QED) is 0.247. The lowest BCUT2D eigenvalue weighted by molar-refractivity contribution is 0.0366. The number of morpholine rings is 1. The summed E-state index contributed by atoms with van der Waals surface area (Å²) in [7, 11) is 0. The molecule has 7 rings (SSSR count). The highest BCUT2D eigenvalue weighted by atomic mass is 16.5. The first-order valence-electron chi connectivity index (χ1n) is 16.4. The van der Waals surface area contributed by atoms with Crippen LogP contribution in [-0.4, -0.2) is 88.3 Å². The van der Waals surface area contributed by atoms with Crippen LogP contribution < -0.4 is 0 Å². The van der Waals surface area contributed by atoms with Gasteiger partial charge in [0, 0.05) is 68.0 Å². The minimum absolute atomic E-state index is 0.347. The van der Waals surface area contributed by atoms with Crippen LogP contribution in [0.4, 0.5) is 0 Å². The monoisotopic (exact) mass is 566 g/mol. The van der Waals surface area contributed by atoms with Crippen LogP contribution in [0.2, 0.25) is 0 Å². The van der Waals surface area contributed by atoms with E-state index in [0.717, 1.165) is 58.9 Å². The number of aromatic nitrogens is 3. The van der Waals surface area contributed by atoms with Gasteiger partial charge < -0.3 is 14.2 Å². The number of ether oxygens (including phenoxy) is 1. The third kappa shape index (κ3) is 5.98. The topological polar surface area (TPSA) is 49.7 Å². The molecule has 0 N–H and O–H groups in total. The third-order valence-electron chi connectivity index (χ3n) is 9.83. The summed E-state index contributed by atoms with van der Waals surface area (Å²) in [6.45, 7) is 11.3. The van der Waals surface area contributed by atoms with Gasteiger partial charge in [0.25, 0.3) is 0 Å². The first kappa shape index (κ1) is 28.0. The van der Waals surface area contributed by atoms with E-state index in [4.69, 9.17) is 14.7 Å². The van der Waals surface area contributed by atoms with E-state index in [2.05, 4.69) is 61.7 Å². The molecule has 0 bridgehead atoms. The summed E-state index contributed by atoms with van der Waals surface area (Å²) in [5.74, 6) is 0. The van der Waals surface area contributed by atoms with Gasteiger partial charge in [0.15, 0.2) is 0 Å². The lowest BCUT2D eigenvalue weighted by atomic mass is 9.90. The predicted molar refractivity (Wildman–Crippen MR) is 170 cm³/mol. The van der Waals surface area contributed by atoms with Gasteiger partial charge in [-0.05, 0) is 81.9 Å². The van der Waals surface area contributed by atoms with Gasteiger partial charge in [-0.15, -0.1) is 0 Å². The molecule has 1 unspecified atom stereocenters. The summed E-state index contributed by atoms with van der Waals surface area (Å²) >= 11 is 0. The number of aryl methyl sites for hydroxylation is 1. The lowest BCUT2D eigenvalue weighted by Gasteiger charge is -2.36. The van der Waals surface area contributed by atoms with Gasteiger partial charge in [-0.3, -0.25) is 19.8 Å². The van der Waals surface area contributed by atoms with E-state index in [-0.39, 0.29) is 0 Å². The van der Waals surface area contributed by atoms with Crippen LogP contribution in [0, 0.1) is 0 Å². The summed E-state index contributed by atoms with van der Waals surface area (Å²) in [5.41, 5.74) is 6.55. The molecule has 2 saturated heterocycles. The molecule has 2 aliphatic heterocycles. The second-order valence-corrected chi connectivity index (χ2v) is 12.5. The SMILES string of the molecule is c1cnc2c(c1)CCCC2N(CCCN1CCCCC1)Cc1nccc2c3ccccc3n(CCN3CCOCC3)c12. The molecule has 0 amide bonds. The standard InChI is InChI=1S/C35H46N6O/c1-4-17-38(18-5-1)19-8-20-40(33-13-6-9-28-10-7-15-37-34(28)33)27-31-35-30(14-16-36-31)29-11-2-3-12-32(29)41(35)22-21-39-23-25-42-26-24-39/h2-3,7,10-12,14-16,33H,1,4-6,8-9,13,17-27H2. The van der Waals surface area contributed by atoms with Crippen LogP contribution in [0.5, 0.6) is 0 Å². The van der Waals surface area contributed by atoms with Gasteiger partial charge in [-0.25, -0.2) is 0 Å². The van der Waals surface area contributed by atoms with Gasteiger partial charge in [0.05, 0.1) is 36.2 Å². The molecule has 7 nitrogen and oxygen atoms in total. The molecule has 0 radical (unpaired) electrons. The van der Waals surface area contributed by atoms with Crippen LogP contribution >= 0.6 is 0 Å². The number of fused-ring (bicyclic) bond motifs is 4. The number of likely N-dealkylation sites (tertiary alicyclic amines) is 1. The van der Waals surface area contributed by atoms with E-state index in [9.17, 15) is 0 Å². The van der Waals surface area contributed by atoms with Crippen molar-refractivity contribution < 1.29 is 4.74 Å². The van der Waals surface area contributed by atoms with Crippen molar-refractivity contribution in [3.05, 3.63) is 71.8 Å². The Morgan fingerprint density at radius 1 is 0.786 bits per heavy atom. The zero-order valence-electron chi connectivity index (χ0n) is 25.1. The number of benzene rings is 1. The summed E-state index contributed by atoms with van der Waals surface area (Å²) in [5, 5.41) is 2.66. The fraction of sp³-hybridized carbons (Fsp3) is 0.543. The number of para-hydroxylation sites is 1. The van der Waals surface area contributed by atoms with E-state index in [0.29, 0.717) is 6.04 Å². The van der Waals surface area contributed by atoms with Gasteiger partial charge >= 0.3 is 0 Å². The smallest absolute Gasteiger partial charge is 0.0787 e. The van der Waals surface area contributed by atoms with Gasteiger partial charge in [0.1, 0.15) is 0 Å².